The number of anilines is 1. The van der Waals surface area contributed by atoms with Gasteiger partial charge >= 0.3 is 0 Å². The van der Waals surface area contributed by atoms with Crippen molar-refractivity contribution in [3.05, 3.63) is 65.9 Å². The lowest BCUT2D eigenvalue weighted by molar-refractivity contribution is -0.115. The van der Waals surface area contributed by atoms with Gasteiger partial charge in [-0.15, -0.1) is 11.8 Å². The fraction of sp³-hybridized carbons (Fsp3) is 0.158. The molecule has 26 heavy (non-hydrogen) atoms. The highest BCUT2D eigenvalue weighted by Crippen LogP contribution is 2.28. The van der Waals surface area contributed by atoms with Crippen molar-refractivity contribution in [2.45, 2.75) is 22.2 Å². The number of nitrogens with zero attached hydrogens (tertiary/aromatic N) is 2. The standard InChI is InChI=1S/C19H18ClN3OS2/c1-13(18(24)22-16-8-3-4-9-17(16)25-2)26-19-21-10-11-23(19)15-7-5-6-14(20)12-15/h3-13H,1-2H3,(H,22,24). The van der Waals surface area contributed by atoms with Crippen molar-refractivity contribution in [1.29, 1.82) is 0 Å². The van der Waals surface area contributed by atoms with Gasteiger partial charge in [-0.3, -0.25) is 9.36 Å². The van der Waals surface area contributed by atoms with Crippen LogP contribution in [0.25, 0.3) is 5.69 Å². The number of hydrogen-bond donors (Lipinski definition) is 1. The number of para-hydroxylation sites is 1. The van der Waals surface area contributed by atoms with E-state index in [2.05, 4.69) is 10.3 Å². The molecular weight excluding hydrogens is 386 g/mol. The van der Waals surface area contributed by atoms with Crippen LogP contribution < -0.4 is 5.32 Å². The van der Waals surface area contributed by atoms with Crippen LogP contribution in [-0.2, 0) is 4.79 Å². The van der Waals surface area contributed by atoms with Crippen molar-refractivity contribution < 1.29 is 4.79 Å². The molecule has 0 saturated heterocycles. The molecule has 0 saturated carbocycles. The van der Waals surface area contributed by atoms with Gasteiger partial charge in [0.05, 0.1) is 10.9 Å². The summed E-state index contributed by atoms with van der Waals surface area (Å²) in [6.45, 7) is 1.87. The SMILES string of the molecule is CSc1ccccc1NC(=O)C(C)Sc1nccn1-c1cccc(Cl)c1. The number of benzene rings is 2. The summed E-state index contributed by atoms with van der Waals surface area (Å²) >= 11 is 9.10. The van der Waals surface area contributed by atoms with Crippen LogP contribution in [0.15, 0.2) is 71.0 Å². The first kappa shape index (κ1) is 18.9. The number of amides is 1. The van der Waals surface area contributed by atoms with E-state index in [1.54, 1.807) is 18.0 Å². The van der Waals surface area contributed by atoms with E-state index in [1.165, 1.54) is 11.8 Å². The van der Waals surface area contributed by atoms with Gasteiger partial charge in [0.15, 0.2) is 5.16 Å². The van der Waals surface area contributed by atoms with Crippen LogP contribution in [0, 0.1) is 0 Å². The Labute approximate surface area is 166 Å². The van der Waals surface area contributed by atoms with Crippen molar-refractivity contribution in [3.63, 3.8) is 0 Å². The van der Waals surface area contributed by atoms with Gasteiger partial charge in [0, 0.05) is 28.0 Å². The fourth-order valence-corrected chi connectivity index (χ4v) is 4.02. The lowest BCUT2D eigenvalue weighted by atomic mass is 10.3. The molecule has 0 aliphatic carbocycles. The van der Waals surface area contributed by atoms with Crippen molar-refractivity contribution >= 4 is 46.7 Å². The lowest BCUT2D eigenvalue weighted by Crippen LogP contribution is -2.23. The van der Waals surface area contributed by atoms with Gasteiger partial charge in [0.1, 0.15) is 0 Å². The summed E-state index contributed by atoms with van der Waals surface area (Å²) in [7, 11) is 0. The first-order valence-electron chi connectivity index (χ1n) is 7.98. The summed E-state index contributed by atoms with van der Waals surface area (Å²) in [4.78, 5) is 18.0. The van der Waals surface area contributed by atoms with Gasteiger partial charge < -0.3 is 5.32 Å². The van der Waals surface area contributed by atoms with Gasteiger partial charge in [-0.2, -0.15) is 0 Å². The Bertz CT molecular complexity index is 913. The molecule has 1 heterocycles. The average molecular weight is 404 g/mol. The molecular formula is C19H18ClN3OS2. The first-order valence-corrected chi connectivity index (χ1v) is 10.5. The van der Waals surface area contributed by atoms with Crippen LogP contribution in [0.2, 0.25) is 5.02 Å². The van der Waals surface area contributed by atoms with Crippen molar-refractivity contribution in [3.8, 4) is 5.69 Å². The van der Waals surface area contributed by atoms with E-state index in [0.29, 0.717) is 5.02 Å². The topological polar surface area (TPSA) is 46.9 Å². The number of rotatable bonds is 6. The number of aromatic nitrogens is 2. The molecule has 4 nitrogen and oxygen atoms in total. The molecule has 3 aromatic rings. The summed E-state index contributed by atoms with van der Waals surface area (Å²) in [6, 6.07) is 15.3. The Hall–Kier alpha value is -1.89. The van der Waals surface area contributed by atoms with Crippen molar-refractivity contribution in [1.82, 2.24) is 9.55 Å². The van der Waals surface area contributed by atoms with Crippen LogP contribution in [-0.4, -0.2) is 27.0 Å². The molecule has 0 aliphatic rings. The molecule has 2 aromatic carbocycles. The summed E-state index contributed by atoms with van der Waals surface area (Å²) in [6.07, 6.45) is 5.57. The minimum absolute atomic E-state index is 0.0582. The van der Waals surface area contributed by atoms with E-state index in [0.717, 1.165) is 21.4 Å². The summed E-state index contributed by atoms with van der Waals surface area (Å²) in [5, 5.41) is 4.11. The number of carbonyl (C=O) groups is 1. The lowest BCUT2D eigenvalue weighted by Gasteiger charge is -2.14. The number of imidazole rings is 1. The molecule has 0 aliphatic heterocycles. The quantitative estimate of drug-likeness (QED) is 0.562. The molecule has 134 valence electrons. The Morgan fingerprint density at radius 2 is 2.04 bits per heavy atom. The zero-order valence-electron chi connectivity index (χ0n) is 14.3. The van der Waals surface area contributed by atoms with Crippen molar-refractivity contribution in [2.75, 3.05) is 11.6 Å². The molecule has 1 amide bonds. The molecule has 1 unspecified atom stereocenters. The number of nitrogens with one attached hydrogen (secondary N) is 1. The van der Waals surface area contributed by atoms with Gasteiger partial charge in [-0.1, -0.05) is 41.6 Å². The third kappa shape index (κ3) is 4.44. The molecule has 0 spiro atoms. The number of thioether (sulfide) groups is 2. The first-order chi connectivity index (χ1) is 12.6. The van der Waals surface area contributed by atoms with Gasteiger partial charge in [0.25, 0.3) is 0 Å². The Kier molecular flexibility index (Phi) is 6.29. The molecule has 3 rings (SSSR count). The van der Waals surface area contributed by atoms with E-state index < -0.39 is 0 Å². The van der Waals surface area contributed by atoms with Gasteiger partial charge in [0.2, 0.25) is 5.91 Å². The van der Waals surface area contributed by atoms with Crippen LogP contribution in [0.5, 0.6) is 0 Å². The smallest absolute Gasteiger partial charge is 0.237 e. The maximum absolute atomic E-state index is 12.6. The largest absolute Gasteiger partial charge is 0.324 e. The molecule has 7 heteroatoms. The second-order valence-corrected chi connectivity index (χ2v) is 8.10. The normalized spacial score (nSPS) is 12.0. The molecule has 0 fully saturated rings. The van der Waals surface area contributed by atoms with E-state index in [1.807, 2.05) is 72.5 Å². The highest BCUT2D eigenvalue weighted by atomic mass is 35.5. The van der Waals surface area contributed by atoms with Crippen LogP contribution in [0.4, 0.5) is 5.69 Å². The minimum atomic E-state index is -0.301. The highest BCUT2D eigenvalue weighted by Gasteiger charge is 2.19. The summed E-state index contributed by atoms with van der Waals surface area (Å²) < 4.78 is 1.93. The predicted molar refractivity (Wildman–Crippen MR) is 111 cm³/mol. The van der Waals surface area contributed by atoms with Gasteiger partial charge in [-0.05, 0) is 43.5 Å². The maximum Gasteiger partial charge on any atom is 0.237 e. The Balaban J connectivity index is 1.73. The van der Waals surface area contributed by atoms with Gasteiger partial charge in [-0.25, -0.2) is 4.98 Å². The number of halogens is 1. The third-order valence-electron chi connectivity index (χ3n) is 3.71. The van der Waals surface area contributed by atoms with E-state index in [4.69, 9.17) is 11.6 Å². The second kappa shape index (κ2) is 8.66. The molecule has 1 atom stereocenters. The number of hydrogen-bond acceptors (Lipinski definition) is 4. The summed E-state index contributed by atoms with van der Waals surface area (Å²) in [5.41, 5.74) is 1.74. The Morgan fingerprint density at radius 1 is 1.23 bits per heavy atom. The minimum Gasteiger partial charge on any atom is -0.324 e. The molecule has 0 bridgehead atoms. The zero-order valence-corrected chi connectivity index (χ0v) is 16.7. The maximum atomic E-state index is 12.6. The number of carbonyl (C=O) groups excluding carboxylic acids is 1. The predicted octanol–water partition coefficient (Wildman–Crippen LogP) is 5.37. The average Bonchev–Trinajstić information content (AvgIpc) is 3.10. The van der Waals surface area contributed by atoms with Crippen LogP contribution >= 0.6 is 35.1 Å². The van der Waals surface area contributed by atoms with E-state index >= 15 is 0 Å². The molecule has 1 N–H and O–H groups in total. The fourth-order valence-electron chi connectivity index (χ4n) is 2.39. The zero-order chi connectivity index (χ0) is 18.5. The Morgan fingerprint density at radius 3 is 2.81 bits per heavy atom. The summed E-state index contributed by atoms with van der Waals surface area (Å²) in [5.74, 6) is -0.0582. The van der Waals surface area contributed by atoms with E-state index in [-0.39, 0.29) is 11.2 Å². The van der Waals surface area contributed by atoms with Crippen LogP contribution in [0.3, 0.4) is 0 Å². The van der Waals surface area contributed by atoms with Crippen LogP contribution in [0.1, 0.15) is 6.92 Å². The molecule has 1 aromatic heterocycles. The second-order valence-electron chi connectivity index (χ2n) is 5.51. The van der Waals surface area contributed by atoms with E-state index in [9.17, 15) is 4.79 Å². The highest BCUT2D eigenvalue weighted by molar-refractivity contribution is 8.00. The molecule has 0 radical (unpaired) electrons. The monoisotopic (exact) mass is 403 g/mol. The third-order valence-corrected chi connectivity index (χ3v) is 5.82. The van der Waals surface area contributed by atoms with Crippen molar-refractivity contribution in [2.24, 2.45) is 0 Å².